The lowest BCUT2D eigenvalue weighted by molar-refractivity contribution is -0.116. The molecule has 1 N–H and O–H groups in total. The van der Waals surface area contributed by atoms with Crippen LogP contribution < -0.4 is 10.1 Å². The first-order chi connectivity index (χ1) is 17.7. The van der Waals surface area contributed by atoms with Gasteiger partial charge in [0.25, 0.3) is 0 Å². The number of hydrogen-bond acceptors (Lipinski definition) is 4. The van der Waals surface area contributed by atoms with Crippen LogP contribution in [0.4, 0.5) is 5.69 Å². The van der Waals surface area contributed by atoms with E-state index < -0.39 is 22.5 Å². The molecule has 0 atom stereocenters. The number of sulfonamides is 1. The van der Waals surface area contributed by atoms with E-state index in [4.69, 9.17) is 39.5 Å². The van der Waals surface area contributed by atoms with Gasteiger partial charge < -0.3 is 10.1 Å². The Morgan fingerprint density at radius 1 is 0.784 bits per heavy atom. The van der Waals surface area contributed by atoms with Crippen molar-refractivity contribution in [2.24, 2.45) is 0 Å². The first-order valence-electron chi connectivity index (χ1n) is 11.0. The van der Waals surface area contributed by atoms with Crippen LogP contribution in [0.25, 0.3) is 0 Å². The smallest absolute Gasteiger partial charge is 0.243 e. The van der Waals surface area contributed by atoms with Gasteiger partial charge in [0.05, 0.1) is 21.5 Å². The molecular formula is C27H21Cl3N2O4S. The lowest BCUT2D eigenvalue weighted by Gasteiger charge is -2.22. The molecule has 0 saturated heterocycles. The molecule has 4 aromatic rings. The van der Waals surface area contributed by atoms with Crippen molar-refractivity contribution < 1.29 is 17.9 Å². The number of para-hydroxylation sites is 1. The zero-order valence-electron chi connectivity index (χ0n) is 19.3. The van der Waals surface area contributed by atoms with E-state index >= 15 is 0 Å². The number of carbonyl (C=O) groups is 1. The van der Waals surface area contributed by atoms with Gasteiger partial charge in [-0.3, -0.25) is 4.79 Å². The van der Waals surface area contributed by atoms with Crippen LogP contribution in [0.3, 0.4) is 0 Å². The second-order valence-corrected chi connectivity index (χ2v) is 11.2. The molecule has 0 aliphatic rings. The average molecular weight is 576 g/mol. The highest BCUT2D eigenvalue weighted by molar-refractivity contribution is 7.89. The maximum absolute atomic E-state index is 13.4. The molecular weight excluding hydrogens is 555 g/mol. The summed E-state index contributed by atoms with van der Waals surface area (Å²) in [7, 11) is -4.05. The Kier molecular flexibility index (Phi) is 8.74. The molecule has 4 aromatic carbocycles. The topological polar surface area (TPSA) is 75.7 Å². The van der Waals surface area contributed by atoms with Crippen molar-refractivity contribution in [1.29, 1.82) is 0 Å². The summed E-state index contributed by atoms with van der Waals surface area (Å²) in [5, 5.41) is 3.75. The summed E-state index contributed by atoms with van der Waals surface area (Å²) in [5.41, 5.74) is 1.06. The Labute approximate surface area is 230 Å². The number of benzene rings is 4. The van der Waals surface area contributed by atoms with Gasteiger partial charge in [-0.25, -0.2) is 8.42 Å². The molecule has 10 heteroatoms. The van der Waals surface area contributed by atoms with Crippen LogP contribution in [0.5, 0.6) is 11.5 Å². The molecule has 37 heavy (non-hydrogen) atoms. The first kappa shape index (κ1) is 27.0. The SMILES string of the molecule is O=C(CN(Cc1ccc(Cl)c(Cl)c1)S(=O)(=O)c1ccc(Cl)cc1)Nc1ccc(Oc2ccccc2)cc1. The molecule has 6 nitrogen and oxygen atoms in total. The fraction of sp³-hybridized carbons (Fsp3) is 0.0741. The minimum atomic E-state index is -4.05. The van der Waals surface area contributed by atoms with E-state index in [1.165, 1.54) is 24.3 Å². The standard InChI is InChI=1S/C27H21Cl3N2O4S/c28-20-7-13-24(14-8-20)37(34,35)32(17-19-6-15-25(29)26(30)16-19)18-27(33)31-21-9-11-23(12-10-21)36-22-4-2-1-3-5-22/h1-16H,17-18H2,(H,31,33). The van der Waals surface area contributed by atoms with Crippen LogP contribution in [0.2, 0.25) is 15.1 Å². The van der Waals surface area contributed by atoms with Crippen LogP contribution in [0, 0.1) is 0 Å². The van der Waals surface area contributed by atoms with Gasteiger partial charge in [-0.2, -0.15) is 4.31 Å². The van der Waals surface area contributed by atoms with Crippen molar-refractivity contribution in [3.05, 3.63) is 118 Å². The van der Waals surface area contributed by atoms with Gasteiger partial charge in [0, 0.05) is 17.3 Å². The third kappa shape index (κ3) is 7.25. The highest BCUT2D eigenvalue weighted by atomic mass is 35.5. The largest absolute Gasteiger partial charge is 0.457 e. The maximum Gasteiger partial charge on any atom is 0.243 e. The molecule has 0 radical (unpaired) electrons. The lowest BCUT2D eigenvalue weighted by atomic mass is 10.2. The molecule has 4 rings (SSSR count). The van der Waals surface area contributed by atoms with Gasteiger partial charge in [-0.15, -0.1) is 0 Å². The normalized spacial score (nSPS) is 11.4. The number of nitrogens with one attached hydrogen (secondary N) is 1. The Bertz CT molecular complexity index is 1480. The zero-order valence-corrected chi connectivity index (χ0v) is 22.4. The summed E-state index contributed by atoms with van der Waals surface area (Å²) in [6.07, 6.45) is 0. The van der Waals surface area contributed by atoms with Crippen molar-refractivity contribution in [3.8, 4) is 11.5 Å². The molecule has 0 bridgehead atoms. The number of carbonyl (C=O) groups excluding carboxylic acids is 1. The van der Waals surface area contributed by atoms with E-state index in [2.05, 4.69) is 5.32 Å². The van der Waals surface area contributed by atoms with E-state index in [0.717, 1.165) is 4.31 Å². The highest BCUT2D eigenvalue weighted by Gasteiger charge is 2.27. The highest BCUT2D eigenvalue weighted by Crippen LogP contribution is 2.26. The molecule has 0 fully saturated rings. The van der Waals surface area contributed by atoms with Gasteiger partial charge in [0.2, 0.25) is 15.9 Å². The molecule has 0 unspecified atom stereocenters. The van der Waals surface area contributed by atoms with Crippen LogP contribution >= 0.6 is 34.8 Å². The summed E-state index contributed by atoms with van der Waals surface area (Å²) in [6, 6.07) is 26.6. The van der Waals surface area contributed by atoms with Gasteiger partial charge >= 0.3 is 0 Å². The number of nitrogens with zero attached hydrogens (tertiary/aromatic N) is 1. The first-order valence-corrected chi connectivity index (χ1v) is 13.6. The summed E-state index contributed by atoms with van der Waals surface area (Å²) in [5.74, 6) is 0.759. The summed E-state index contributed by atoms with van der Waals surface area (Å²) in [4.78, 5) is 12.9. The molecule has 0 spiro atoms. The fourth-order valence-corrected chi connectivity index (χ4v) is 5.25. The van der Waals surface area contributed by atoms with Crippen molar-refractivity contribution in [3.63, 3.8) is 0 Å². The third-order valence-corrected chi connectivity index (χ3v) is 8.03. The maximum atomic E-state index is 13.4. The molecule has 190 valence electrons. The second-order valence-electron chi connectivity index (χ2n) is 7.96. The van der Waals surface area contributed by atoms with Crippen LogP contribution in [-0.2, 0) is 21.4 Å². The van der Waals surface area contributed by atoms with Gasteiger partial charge in [0.1, 0.15) is 11.5 Å². The van der Waals surface area contributed by atoms with Crippen molar-refractivity contribution in [1.82, 2.24) is 4.31 Å². The lowest BCUT2D eigenvalue weighted by Crippen LogP contribution is -2.37. The van der Waals surface area contributed by atoms with Crippen LogP contribution in [0.15, 0.2) is 102 Å². The predicted octanol–water partition coefficient (Wildman–Crippen LogP) is 7.27. The monoisotopic (exact) mass is 574 g/mol. The second kappa shape index (κ2) is 12.0. The van der Waals surface area contributed by atoms with E-state index in [1.807, 2.05) is 30.3 Å². The fourth-order valence-electron chi connectivity index (χ4n) is 3.41. The van der Waals surface area contributed by atoms with Gasteiger partial charge in [-0.1, -0.05) is 59.1 Å². The molecule has 1 amide bonds. The summed E-state index contributed by atoms with van der Waals surface area (Å²) in [6.45, 7) is -0.535. The van der Waals surface area contributed by atoms with Gasteiger partial charge in [-0.05, 0) is 78.4 Å². The zero-order chi connectivity index (χ0) is 26.4. The molecule has 0 aliphatic carbocycles. The molecule has 0 aliphatic heterocycles. The quantitative estimate of drug-likeness (QED) is 0.228. The number of halogens is 3. The van der Waals surface area contributed by atoms with Crippen LogP contribution in [-0.4, -0.2) is 25.2 Å². The average Bonchev–Trinajstić information content (AvgIpc) is 2.88. The number of rotatable bonds is 9. The summed E-state index contributed by atoms with van der Waals surface area (Å²) < 4.78 is 33.7. The van der Waals surface area contributed by atoms with Crippen molar-refractivity contribution in [2.45, 2.75) is 11.4 Å². The minimum Gasteiger partial charge on any atom is -0.457 e. The van der Waals surface area contributed by atoms with E-state index in [1.54, 1.807) is 42.5 Å². The Hall–Kier alpha value is -3.07. The number of ether oxygens (including phenoxy) is 1. The van der Waals surface area contributed by atoms with E-state index in [0.29, 0.717) is 32.8 Å². The number of hydrogen-bond donors (Lipinski definition) is 1. The van der Waals surface area contributed by atoms with Crippen molar-refractivity contribution in [2.75, 3.05) is 11.9 Å². The number of anilines is 1. The van der Waals surface area contributed by atoms with Gasteiger partial charge in [0.15, 0.2) is 0 Å². The van der Waals surface area contributed by atoms with Crippen molar-refractivity contribution >= 4 is 56.4 Å². The predicted molar refractivity (Wildman–Crippen MR) is 147 cm³/mol. The third-order valence-electron chi connectivity index (χ3n) is 5.23. The Balaban J connectivity index is 1.51. The molecule has 0 saturated carbocycles. The Morgan fingerprint density at radius 3 is 2.08 bits per heavy atom. The van der Waals surface area contributed by atoms with E-state index in [9.17, 15) is 13.2 Å². The summed E-state index contributed by atoms with van der Waals surface area (Å²) >= 11 is 18.0. The molecule has 0 aromatic heterocycles. The number of amides is 1. The molecule has 0 heterocycles. The minimum absolute atomic E-state index is 0.00664. The Morgan fingerprint density at radius 2 is 1.43 bits per heavy atom. The van der Waals surface area contributed by atoms with Crippen LogP contribution in [0.1, 0.15) is 5.56 Å². The van der Waals surface area contributed by atoms with E-state index in [-0.39, 0.29) is 16.5 Å².